The predicted molar refractivity (Wildman–Crippen MR) is 82.8 cm³/mol. The van der Waals surface area contributed by atoms with Crippen LogP contribution in [0.1, 0.15) is 27.6 Å². The second-order valence-electron chi connectivity index (χ2n) is 5.58. The molecule has 0 fully saturated rings. The molecule has 0 aliphatic rings. The number of carbonyl (C=O) groups is 1. The summed E-state index contributed by atoms with van der Waals surface area (Å²) in [7, 11) is 2.97. The Morgan fingerprint density at radius 3 is 2.36 bits per heavy atom. The Labute approximate surface area is 154 Å². The largest absolute Gasteiger partial charge is 0.433 e. The van der Waals surface area contributed by atoms with E-state index >= 15 is 0 Å². The van der Waals surface area contributed by atoms with Crippen LogP contribution >= 0.6 is 0 Å². The van der Waals surface area contributed by atoms with Crippen LogP contribution in [-0.2, 0) is 38.2 Å². The molecular weight excluding hydrogens is 385 g/mol. The van der Waals surface area contributed by atoms with Gasteiger partial charge in [0.2, 0.25) is 0 Å². The number of ether oxygens (including phenoxy) is 1. The number of nitrogens with zero attached hydrogens (tertiary/aromatic N) is 9. The lowest BCUT2D eigenvalue weighted by atomic mass is 10.0. The van der Waals surface area contributed by atoms with Crippen LogP contribution in [0.15, 0.2) is 6.07 Å². The maximum absolute atomic E-state index is 13.3. The zero-order valence-corrected chi connectivity index (χ0v) is 14.5. The second kappa shape index (κ2) is 7.26. The normalized spacial score (nSPS) is 11.8. The van der Waals surface area contributed by atoms with Gasteiger partial charge in [-0.3, -0.25) is 4.79 Å². The van der Waals surface area contributed by atoms with E-state index in [1.807, 2.05) is 0 Å². The average Bonchev–Trinajstić information content (AvgIpc) is 3.21. The fourth-order valence-electron chi connectivity index (χ4n) is 2.37. The first kappa shape index (κ1) is 19.3. The Bertz CT molecular complexity index is 1010. The Kier molecular flexibility index (Phi) is 5.00. The van der Waals surface area contributed by atoms with Gasteiger partial charge in [0.05, 0.1) is 17.9 Å². The number of hydrogen-bond donors (Lipinski definition) is 1. The Morgan fingerprint density at radius 2 is 1.82 bits per heavy atom. The summed E-state index contributed by atoms with van der Waals surface area (Å²) in [6.07, 6.45) is -4.78. The molecule has 2 N–H and O–H groups in total. The van der Waals surface area contributed by atoms with Crippen molar-refractivity contribution in [2.75, 3.05) is 0 Å². The summed E-state index contributed by atoms with van der Waals surface area (Å²) in [5, 5.41) is 21.3. The molecule has 3 aromatic rings. The van der Waals surface area contributed by atoms with E-state index in [1.54, 1.807) is 7.05 Å². The van der Waals surface area contributed by atoms with Crippen LogP contribution in [0, 0.1) is 0 Å². The third kappa shape index (κ3) is 3.78. The number of amides is 1. The molecule has 0 radical (unpaired) electrons. The van der Waals surface area contributed by atoms with E-state index in [0.717, 1.165) is 4.68 Å². The third-order valence-electron chi connectivity index (χ3n) is 3.67. The minimum atomic E-state index is -4.78. The lowest BCUT2D eigenvalue weighted by Gasteiger charge is -2.15. The molecule has 148 valence electrons. The highest BCUT2D eigenvalue weighted by Crippen LogP contribution is 2.33. The number of carbonyl (C=O) groups excluding carboxylic acids is 1. The standard InChI is InChI=1S/C13H13F3N10O2/c1-25-9(19-21-23-25)5-28-4-7-10(11(17)27)6(12-20-22-24-26(12)2)3-8(18-7)13(14,15)16/h3H,4-5H2,1-2H3,(H2,17,27). The molecule has 0 spiro atoms. The Hall–Kier alpha value is -3.49. The van der Waals surface area contributed by atoms with Crippen LogP contribution < -0.4 is 5.73 Å². The summed E-state index contributed by atoms with van der Waals surface area (Å²) in [5.41, 5.74) is 3.36. The minimum absolute atomic E-state index is 0.0829. The molecule has 0 bridgehead atoms. The summed E-state index contributed by atoms with van der Waals surface area (Å²) >= 11 is 0. The molecule has 0 aliphatic heterocycles. The van der Waals surface area contributed by atoms with Crippen molar-refractivity contribution in [1.82, 2.24) is 45.4 Å². The summed E-state index contributed by atoms with van der Waals surface area (Å²) in [6.45, 7) is -0.576. The molecule has 0 unspecified atom stereocenters. The summed E-state index contributed by atoms with van der Waals surface area (Å²) in [4.78, 5) is 15.5. The molecule has 0 saturated heterocycles. The molecule has 0 aliphatic carbocycles. The topological polar surface area (TPSA) is 152 Å². The number of tetrazole rings is 2. The maximum Gasteiger partial charge on any atom is 0.433 e. The predicted octanol–water partition coefficient (Wildman–Crippen LogP) is -0.370. The molecule has 1 amide bonds. The number of alkyl halides is 3. The van der Waals surface area contributed by atoms with Crippen molar-refractivity contribution in [3.8, 4) is 11.4 Å². The Balaban J connectivity index is 2.04. The quantitative estimate of drug-likeness (QED) is 0.586. The molecule has 0 aromatic carbocycles. The molecule has 15 heteroatoms. The molecule has 12 nitrogen and oxygen atoms in total. The van der Waals surface area contributed by atoms with Crippen molar-refractivity contribution in [2.24, 2.45) is 19.8 Å². The van der Waals surface area contributed by atoms with Crippen LogP contribution in [-0.4, -0.2) is 51.3 Å². The zero-order chi connectivity index (χ0) is 20.5. The van der Waals surface area contributed by atoms with Crippen molar-refractivity contribution < 1.29 is 22.7 Å². The lowest BCUT2D eigenvalue weighted by Crippen LogP contribution is -2.21. The van der Waals surface area contributed by atoms with E-state index in [2.05, 4.69) is 36.0 Å². The highest BCUT2D eigenvalue weighted by atomic mass is 19.4. The number of halogens is 3. The van der Waals surface area contributed by atoms with Gasteiger partial charge in [-0.05, 0) is 26.9 Å². The van der Waals surface area contributed by atoms with E-state index in [0.29, 0.717) is 11.9 Å². The van der Waals surface area contributed by atoms with Crippen molar-refractivity contribution in [3.63, 3.8) is 0 Å². The zero-order valence-electron chi connectivity index (χ0n) is 14.5. The van der Waals surface area contributed by atoms with Crippen molar-refractivity contribution in [3.05, 3.63) is 28.8 Å². The van der Waals surface area contributed by atoms with Crippen LogP contribution in [0.25, 0.3) is 11.4 Å². The number of aryl methyl sites for hydroxylation is 2. The first-order valence-corrected chi connectivity index (χ1v) is 7.61. The highest BCUT2D eigenvalue weighted by molar-refractivity contribution is 6.00. The fourth-order valence-corrected chi connectivity index (χ4v) is 2.37. The van der Waals surface area contributed by atoms with Gasteiger partial charge in [0.1, 0.15) is 12.3 Å². The monoisotopic (exact) mass is 398 g/mol. The van der Waals surface area contributed by atoms with Gasteiger partial charge in [0.15, 0.2) is 11.6 Å². The van der Waals surface area contributed by atoms with E-state index in [-0.39, 0.29) is 29.3 Å². The first-order valence-electron chi connectivity index (χ1n) is 7.61. The number of nitrogens with two attached hydrogens (primary N) is 1. The SMILES string of the molecule is Cn1nnnc1COCc1nc(C(F)(F)F)cc(-c2nnnn2C)c1C(N)=O. The van der Waals surface area contributed by atoms with Gasteiger partial charge in [-0.25, -0.2) is 14.3 Å². The van der Waals surface area contributed by atoms with Gasteiger partial charge in [0.25, 0.3) is 5.91 Å². The van der Waals surface area contributed by atoms with Crippen molar-refractivity contribution >= 4 is 5.91 Å². The molecule has 0 saturated carbocycles. The highest BCUT2D eigenvalue weighted by Gasteiger charge is 2.35. The summed E-state index contributed by atoms with van der Waals surface area (Å²) < 4.78 is 47.7. The fraction of sp³-hybridized carbons (Fsp3) is 0.385. The van der Waals surface area contributed by atoms with Crippen LogP contribution in [0.4, 0.5) is 13.2 Å². The van der Waals surface area contributed by atoms with Crippen LogP contribution in [0.2, 0.25) is 0 Å². The Morgan fingerprint density at radius 1 is 1.14 bits per heavy atom. The number of pyridine rings is 1. The molecule has 3 aromatic heterocycles. The summed E-state index contributed by atoms with van der Waals surface area (Å²) in [5.74, 6) is -0.760. The molecule has 0 atom stereocenters. The maximum atomic E-state index is 13.3. The van der Waals surface area contributed by atoms with Gasteiger partial charge in [0, 0.05) is 19.7 Å². The lowest BCUT2D eigenvalue weighted by molar-refractivity contribution is -0.141. The minimum Gasteiger partial charge on any atom is -0.367 e. The van der Waals surface area contributed by atoms with Gasteiger partial charge >= 0.3 is 6.18 Å². The van der Waals surface area contributed by atoms with E-state index < -0.39 is 24.4 Å². The summed E-state index contributed by atoms with van der Waals surface area (Å²) in [6, 6.07) is 0.669. The number of aromatic nitrogens is 9. The van der Waals surface area contributed by atoms with Gasteiger partial charge in [-0.2, -0.15) is 13.2 Å². The van der Waals surface area contributed by atoms with Crippen LogP contribution in [0.3, 0.4) is 0 Å². The smallest absolute Gasteiger partial charge is 0.367 e. The van der Waals surface area contributed by atoms with Gasteiger partial charge < -0.3 is 10.5 Å². The number of primary amides is 1. The van der Waals surface area contributed by atoms with Gasteiger partial charge in [-0.1, -0.05) is 0 Å². The van der Waals surface area contributed by atoms with E-state index in [4.69, 9.17) is 10.5 Å². The second-order valence-corrected chi connectivity index (χ2v) is 5.58. The van der Waals surface area contributed by atoms with Crippen molar-refractivity contribution in [2.45, 2.75) is 19.4 Å². The van der Waals surface area contributed by atoms with E-state index in [1.165, 1.54) is 11.7 Å². The van der Waals surface area contributed by atoms with Gasteiger partial charge in [-0.15, -0.1) is 10.2 Å². The van der Waals surface area contributed by atoms with E-state index in [9.17, 15) is 18.0 Å². The molecule has 28 heavy (non-hydrogen) atoms. The number of hydrogen-bond acceptors (Lipinski definition) is 9. The molecular formula is C13H13F3N10O2. The molecule has 3 rings (SSSR count). The van der Waals surface area contributed by atoms with Crippen LogP contribution in [0.5, 0.6) is 0 Å². The molecule has 3 heterocycles. The first-order chi connectivity index (χ1) is 13.2. The van der Waals surface area contributed by atoms with Crippen molar-refractivity contribution in [1.29, 1.82) is 0 Å². The average molecular weight is 398 g/mol. The third-order valence-corrected chi connectivity index (χ3v) is 3.67. The number of rotatable bonds is 6.